The van der Waals surface area contributed by atoms with Crippen molar-refractivity contribution in [1.29, 1.82) is 0 Å². The summed E-state index contributed by atoms with van der Waals surface area (Å²) in [4.78, 5) is 183. The van der Waals surface area contributed by atoms with E-state index in [-0.39, 0.29) is 37.7 Å². The largest absolute Gasteiger partial charge is 0.481 e. The van der Waals surface area contributed by atoms with Gasteiger partial charge in [0.05, 0.1) is 38.0 Å². The number of carbonyl (C=O) groups excluding carboxylic acids is 11. The molecule has 0 fully saturated rings. The van der Waals surface area contributed by atoms with E-state index >= 15 is 4.39 Å². The minimum absolute atomic E-state index is 0.0386. The van der Waals surface area contributed by atoms with Crippen molar-refractivity contribution in [2.45, 2.75) is 172 Å². The Kier molecular flexibility index (Phi) is 32.8. The third-order valence-corrected chi connectivity index (χ3v) is 17.4. The van der Waals surface area contributed by atoms with E-state index in [9.17, 15) is 82.8 Å². The van der Waals surface area contributed by atoms with Crippen molar-refractivity contribution >= 4 is 76.9 Å². The summed E-state index contributed by atoms with van der Waals surface area (Å²) in [5.41, 5.74) is 19.1. The number of carboxylic acid groups (broad SMARTS) is 2. The third-order valence-electron chi connectivity index (χ3n) is 17.4. The fraction of sp³-hybridized carbons (Fsp3) is 0.387. The van der Waals surface area contributed by atoms with Crippen molar-refractivity contribution in [2.75, 3.05) is 13.2 Å². The van der Waals surface area contributed by atoms with E-state index in [1.54, 1.807) is 43.3 Å². The van der Waals surface area contributed by atoms with Crippen LogP contribution in [-0.2, 0) is 94.4 Å². The molecule has 32 heteroatoms. The number of aliphatic carboxylic acids is 2. The summed E-state index contributed by atoms with van der Waals surface area (Å²) < 4.78 is 15.4. The first-order chi connectivity index (χ1) is 51.0. The highest BCUT2D eigenvalue weighted by Gasteiger charge is 2.37. The van der Waals surface area contributed by atoms with Crippen LogP contribution in [0.2, 0.25) is 0 Å². The van der Waals surface area contributed by atoms with E-state index in [1.165, 1.54) is 37.6 Å². The molecule has 6 rings (SSSR count). The molecule has 31 nitrogen and oxygen atoms in total. The number of nitrogens with one attached hydrogen (secondary N) is 11. The highest BCUT2D eigenvalue weighted by atomic mass is 19.1. The Bertz CT molecular complexity index is 4090. The number of hydrogen-bond donors (Lipinski definition) is 17. The first kappa shape index (κ1) is 84.2. The molecule has 19 N–H and O–H groups in total. The van der Waals surface area contributed by atoms with Crippen molar-refractivity contribution in [2.24, 2.45) is 11.5 Å². The van der Waals surface area contributed by atoms with Crippen LogP contribution >= 0.6 is 0 Å². The molecule has 5 aromatic carbocycles. The number of H-pyrrole nitrogens is 1. The smallest absolute Gasteiger partial charge is 0.305 e. The van der Waals surface area contributed by atoms with Crippen molar-refractivity contribution in [3.63, 3.8) is 0 Å². The minimum Gasteiger partial charge on any atom is -0.481 e. The summed E-state index contributed by atoms with van der Waals surface area (Å²) >= 11 is 0. The first-order valence-corrected chi connectivity index (χ1v) is 34.8. The Morgan fingerprint density at radius 1 is 0.523 bits per heavy atom. The molecule has 0 unspecified atom stereocenters. The topological polar surface area (TPSA) is 504 Å². The second-order valence-corrected chi connectivity index (χ2v) is 25.7. The highest BCUT2D eigenvalue weighted by molar-refractivity contribution is 6.00. The van der Waals surface area contributed by atoms with E-state index in [2.05, 4.69) is 63.1 Å². The molecule has 107 heavy (non-hydrogen) atoms. The summed E-state index contributed by atoms with van der Waals surface area (Å²) in [6.07, 6.45) is -0.811. The number of halogens is 1. The molecule has 1 heterocycles. The first-order valence-electron chi connectivity index (χ1n) is 34.8. The Labute approximate surface area is 616 Å². The van der Waals surface area contributed by atoms with Gasteiger partial charge in [-0.25, -0.2) is 9.37 Å². The minimum atomic E-state index is -2.06. The van der Waals surface area contributed by atoms with E-state index < -0.39 is 188 Å². The Balaban J connectivity index is 1.15. The molecule has 0 saturated carbocycles. The Morgan fingerprint density at radius 3 is 1.61 bits per heavy atom. The highest BCUT2D eigenvalue weighted by Crippen LogP contribution is 2.26. The zero-order chi connectivity index (χ0) is 78.4. The predicted octanol–water partition coefficient (Wildman–Crippen LogP) is 0.239. The van der Waals surface area contributed by atoms with Gasteiger partial charge in [0.25, 0.3) is 0 Å². The van der Waals surface area contributed by atoms with Gasteiger partial charge in [-0.2, -0.15) is 0 Å². The summed E-state index contributed by atoms with van der Waals surface area (Å²) in [5.74, 6) is -15.6. The number of aryl methyl sites for hydroxylation is 2. The number of aliphatic hydroxyl groups excluding tert-OH is 2. The van der Waals surface area contributed by atoms with Gasteiger partial charge in [-0.1, -0.05) is 142 Å². The van der Waals surface area contributed by atoms with E-state index in [1.807, 2.05) is 74.5 Å². The van der Waals surface area contributed by atoms with Gasteiger partial charge in [0.1, 0.15) is 60.2 Å². The molecular formula is C75H93FN14O17. The predicted molar refractivity (Wildman–Crippen MR) is 388 cm³/mol. The van der Waals surface area contributed by atoms with Gasteiger partial charge in [-0.3, -0.25) is 62.3 Å². The number of aliphatic hydroxyl groups is 2. The van der Waals surface area contributed by atoms with Crippen LogP contribution in [0, 0.1) is 12.7 Å². The molecule has 0 aliphatic carbocycles. The summed E-state index contributed by atoms with van der Waals surface area (Å²) in [7, 11) is 0. The lowest BCUT2D eigenvalue weighted by molar-refractivity contribution is -0.142. The molecule has 6 aromatic rings. The monoisotopic (exact) mass is 1480 g/mol. The van der Waals surface area contributed by atoms with Crippen LogP contribution in [0.25, 0.3) is 22.3 Å². The van der Waals surface area contributed by atoms with E-state index in [0.717, 1.165) is 52.8 Å². The van der Waals surface area contributed by atoms with Crippen LogP contribution in [0.5, 0.6) is 0 Å². The fourth-order valence-corrected chi connectivity index (χ4v) is 11.4. The third kappa shape index (κ3) is 26.4. The number of aromatic amines is 1. The van der Waals surface area contributed by atoms with Crippen molar-refractivity contribution in [1.82, 2.24) is 63.1 Å². The number of rotatable bonds is 42. The van der Waals surface area contributed by atoms with Gasteiger partial charge in [0.15, 0.2) is 0 Å². The standard InChI is InChI=1S/C75H93FN14O17/c1-6-8-21-55(83-62(93)38-80-69(101)56(30-31-63(94)95)84-67(99)42(4)82-68(100)54(77)35-50-37-79-40-81-50)70(102)87-59(34-49-17-11-14-20-53(49)76)73(105)90-65(43(5)92)75(107)89-61(39-91)74(106)88-60(36-64(96)97)72(104)86-58(33-45-24-28-48(29-25-45)52-19-13-10-16-46(52)7-2)71(103)85-57(66(78)98)32-44-22-26-47(27-23-44)51-18-12-9-15-41(51)3/h9-20,22-29,37,40,42-43,54-61,65,91-92H,6-8,21,30-36,38-39,77H2,1-5H3,(H2,78,98)(H,79,81)(H,80,101)(H,82,100)(H,83,93)(H,84,99)(H,85,103)(H,86,104)(H,87,102)(H,88,106)(H,89,107)(H,90,105)(H,94,95)(H,96,97)/t42-,43+,54-,55-,56-,57-,58-,59-,60-,61-,65-/m0/s1. The molecule has 0 aliphatic heterocycles. The van der Waals surface area contributed by atoms with Crippen LogP contribution in [0.15, 0.2) is 134 Å². The Morgan fingerprint density at radius 2 is 1.04 bits per heavy atom. The number of amides is 11. The molecule has 0 spiro atoms. The maximum atomic E-state index is 15.4. The molecule has 0 aliphatic rings. The van der Waals surface area contributed by atoms with Gasteiger partial charge >= 0.3 is 11.9 Å². The fourth-order valence-electron chi connectivity index (χ4n) is 11.4. The summed E-state index contributed by atoms with van der Waals surface area (Å²) in [6, 6.07) is 18.4. The number of imidazole rings is 1. The number of benzene rings is 5. The number of nitrogens with zero attached hydrogens (tertiary/aromatic N) is 1. The molecule has 572 valence electrons. The van der Waals surface area contributed by atoms with Crippen LogP contribution in [0.3, 0.4) is 0 Å². The molecule has 1 aromatic heterocycles. The van der Waals surface area contributed by atoms with Crippen molar-refractivity contribution < 1.29 is 87.1 Å². The van der Waals surface area contributed by atoms with E-state index in [4.69, 9.17) is 11.5 Å². The number of carboxylic acids is 2. The average Bonchev–Trinajstić information content (AvgIpc) is 1.08. The second-order valence-electron chi connectivity index (χ2n) is 25.7. The molecule has 0 saturated heterocycles. The molecule has 11 amide bonds. The van der Waals surface area contributed by atoms with Crippen LogP contribution in [-0.4, -0.2) is 187 Å². The molecular weight excluding hydrogens is 1390 g/mol. The normalized spacial score (nSPS) is 14.1. The quantitative estimate of drug-likeness (QED) is 0.0244. The Hall–Kier alpha value is -11.8. The van der Waals surface area contributed by atoms with Gasteiger partial charge in [0.2, 0.25) is 65.0 Å². The number of primary amides is 1. The number of carbonyl (C=O) groups is 13. The zero-order valence-electron chi connectivity index (χ0n) is 59.8. The molecule has 11 atom stereocenters. The van der Waals surface area contributed by atoms with Crippen molar-refractivity contribution in [3.8, 4) is 22.3 Å². The molecule has 0 radical (unpaired) electrons. The van der Waals surface area contributed by atoms with Crippen LogP contribution in [0.1, 0.15) is 99.7 Å². The summed E-state index contributed by atoms with van der Waals surface area (Å²) in [5, 5.41) is 64.7. The van der Waals surface area contributed by atoms with Crippen LogP contribution in [0.4, 0.5) is 4.39 Å². The second kappa shape index (κ2) is 41.7. The lowest BCUT2D eigenvalue weighted by Gasteiger charge is -2.28. The lowest BCUT2D eigenvalue weighted by atomic mass is 9.95. The number of hydrogen-bond acceptors (Lipinski definition) is 17. The van der Waals surface area contributed by atoms with Gasteiger partial charge < -0.3 is 90.0 Å². The van der Waals surface area contributed by atoms with Gasteiger partial charge in [-0.15, -0.1) is 0 Å². The van der Waals surface area contributed by atoms with E-state index in [0.29, 0.717) is 23.2 Å². The maximum absolute atomic E-state index is 15.4. The number of aromatic nitrogens is 2. The number of unbranched alkanes of at least 4 members (excludes halogenated alkanes) is 1. The van der Waals surface area contributed by atoms with Gasteiger partial charge in [0, 0.05) is 44.0 Å². The zero-order valence-corrected chi connectivity index (χ0v) is 59.8. The van der Waals surface area contributed by atoms with Crippen LogP contribution < -0.4 is 64.6 Å². The average molecular weight is 1480 g/mol. The van der Waals surface area contributed by atoms with Gasteiger partial charge in [-0.05, 0) is 96.2 Å². The lowest BCUT2D eigenvalue weighted by Crippen LogP contribution is -2.62. The summed E-state index contributed by atoms with van der Waals surface area (Å²) in [6.45, 7) is 5.94. The molecule has 0 bridgehead atoms. The maximum Gasteiger partial charge on any atom is 0.305 e. The van der Waals surface area contributed by atoms with Crippen molar-refractivity contribution in [3.05, 3.63) is 173 Å². The number of nitrogens with two attached hydrogens (primary N) is 2. The SMILES string of the molecule is CCCC[C@H](NC(=O)CNC(=O)[C@H](CCC(=O)O)NC(=O)[C@H](C)NC(=O)[C@@H](N)Cc1cnc[nH]1)C(=O)N[C@@H](Cc1ccccc1F)C(=O)N[C@H](C(=O)N[C@@H](CO)C(=O)N[C@@H](CC(=O)O)C(=O)N[C@@H](Cc1ccc(-c2ccccc2CC)cc1)C(=O)N[C@@H](Cc1ccc(-c2ccccc2C)cc1)C(N)=O)[C@@H](C)O.